The lowest BCUT2D eigenvalue weighted by Crippen LogP contribution is -2.21. The van der Waals surface area contributed by atoms with Gasteiger partial charge in [0.05, 0.1) is 7.11 Å². The number of hydrogen-bond acceptors (Lipinski definition) is 6. The van der Waals surface area contributed by atoms with Crippen molar-refractivity contribution in [1.29, 1.82) is 0 Å². The van der Waals surface area contributed by atoms with Gasteiger partial charge in [-0.15, -0.1) is 10.2 Å². The minimum Gasteiger partial charge on any atom is -0.504 e. The molecule has 102 valence electrons. The molecule has 19 heavy (non-hydrogen) atoms. The number of phenols is 1. The maximum Gasteiger partial charge on any atom is 0.160 e. The molecule has 1 heterocycles. The number of nitrogens with one attached hydrogen (secondary N) is 1. The highest BCUT2D eigenvalue weighted by Crippen LogP contribution is 2.32. The van der Waals surface area contributed by atoms with Crippen molar-refractivity contribution < 1.29 is 9.84 Å². The Morgan fingerprint density at radius 3 is 2.79 bits per heavy atom. The van der Waals surface area contributed by atoms with E-state index in [-0.39, 0.29) is 5.75 Å². The lowest BCUT2D eigenvalue weighted by Gasteiger charge is -2.04. The van der Waals surface area contributed by atoms with E-state index >= 15 is 0 Å². The van der Waals surface area contributed by atoms with Crippen molar-refractivity contribution in [3.63, 3.8) is 0 Å². The summed E-state index contributed by atoms with van der Waals surface area (Å²) in [5.74, 6) is 0.562. The van der Waals surface area contributed by atoms with Crippen molar-refractivity contribution >= 4 is 11.3 Å². The van der Waals surface area contributed by atoms with E-state index in [9.17, 15) is 5.11 Å². The predicted molar refractivity (Wildman–Crippen MR) is 75.5 cm³/mol. The molecule has 0 aliphatic heterocycles. The van der Waals surface area contributed by atoms with Crippen molar-refractivity contribution in [2.24, 2.45) is 0 Å². The zero-order valence-electron chi connectivity index (χ0n) is 11.2. The summed E-state index contributed by atoms with van der Waals surface area (Å²) in [6, 6.07) is 5.63. The van der Waals surface area contributed by atoms with Gasteiger partial charge in [0.1, 0.15) is 10.0 Å². The Morgan fingerprint density at radius 2 is 2.16 bits per heavy atom. The molecule has 0 bridgehead atoms. The van der Waals surface area contributed by atoms with E-state index in [1.165, 1.54) is 18.4 Å². The normalized spacial score (nSPS) is 10.9. The van der Waals surface area contributed by atoms with E-state index < -0.39 is 0 Å². The lowest BCUT2D eigenvalue weighted by atomic mass is 10.2. The van der Waals surface area contributed by atoms with E-state index in [0.29, 0.717) is 18.3 Å². The van der Waals surface area contributed by atoms with Crippen LogP contribution in [0.1, 0.15) is 18.9 Å². The summed E-state index contributed by atoms with van der Waals surface area (Å²) in [5.41, 5.74) is 0.839. The van der Waals surface area contributed by atoms with Crippen LogP contribution in [0.4, 0.5) is 0 Å². The molecule has 0 fully saturated rings. The van der Waals surface area contributed by atoms with Gasteiger partial charge in [0.25, 0.3) is 0 Å². The van der Waals surface area contributed by atoms with Crippen LogP contribution >= 0.6 is 11.3 Å². The monoisotopic (exact) mass is 279 g/mol. The molecule has 2 N–H and O–H groups in total. The third kappa shape index (κ3) is 3.42. The maximum absolute atomic E-state index is 9.75. The highest BCUT2D eigenvalue weighted by atomic mass is 32.1. The molecule has 5 nitrogen and oxygen atoms in total. The number of methoxy groups -OCH3 is 1. The van der Waals surface area contributed by atoms with Crippen LogP contribution in [0.5, 0.6) is 11.5 Å². The predicted octanol–water partition coefficient (Wildman–Crippen LogP) is 2.42. The Labute approximate surface area is 116 Å². The maximum atomic E-state index is 9.75. The molecule has 0 saturated carbocycles. The first-order valence-corrected chi connectivity index (χ1v) is 6.85. The molecule has 6 heteroatoms. The van der Waals surface area contributed by atoms with Gasteiger partial charge in [0.15, 0.2) is 11.5 Å². The molecule has 0 aliphatic carbocycles. The van der Waals surface area contributed by atoms with Crippen LogP contribution in [-0.2, 0) is 6.54 Å². The van der Waals surface area contributed by atoms with Crippen LogP contribution in [-0.4, -0.2) is 28.5 Å². The number of nitrogens with zero attached hydrogens (tertiary/aromatic N) is 2. The molecule has 2 rings (SSSR count). The number of phenolic OH excluding ortho intramolecular Hbond substituents is 1. The minimum absolute atomic E-state index is 0.108. The topological polar surface area (TPSA) is 67.3 Å². The average molecular weight is 279 g/mol. The molecule has 0 amide bonds. The molecule has 0 atom stereocenters. The van der Waals surface area contributed by atoms with Gasteiger partial charge in [-0.1, -0.05) is 25.2 Å². The number of benzene rings is 1. The lowest BCUT2D eigenvalue weighted by molar-refractivity contribution is 0.373. The summed E-state index contributed by atoms with van der Waals surface area (Å²) in [6.45, 7) is 4.88. The fraction of sp³-hybridized carbons (Fsp3) is 0.385. The number of ether oxygens (including phenoxy) is 1. The van der Waals surface area contributed by atoms with Gasteiger partial charge in [-0.2, -0.15) is 0 Å². The third-order valence-electron chi connectivity index (χ3n) is 2.55. The quantitative estimate of drug-likeness (QED) is 0.879. The molecular formula is C13H17N3O2S. The van der Waals surface area contributed by atoms with Crippen molar-refractivity contribution in [3.8, 4) is 22.1 Å². The SMILES string of the molecule is COc1ccc(-c2nnc(CNC(C)C)s2)cc1O. The van der Waals surface area contributed by atoms with Crippen LogP contribution in [0.15, 0.2) is 18.2 Å². The molecule has 2 aromatic rings. The Kier molecular flexibility index (Phi) is 4.34. The third-order valence-corrected chi connectivity index (χ3v) is 3.53. The second-order valence-electron chi connectivity index (χ2n) is 4.42. The summed E-state index contributed by atoms with van der Waals surface area (Å²) in [6.07, 6.45) is 0. The van der Waals surface area contributed by atoms with Crippen LogP contribution in [0.2, 0.25) is 0 Å². The number of aromatic nitrogens is 2. The zero-order valence-corrected chi connectivity index (χ0v) is 12.0. The largest absolute Gasteiger partial charge is 0.504 e. The zero-order chi connectivity index (χ0) is 13.8. The number of aromatic hydroxyl groups is 1. The summed E-state index contributed by atoms with van der Waals surface area (Å²) < 4.78 is 5.01. The van der Waals surface area contributed by atoms with Crippen molar-refractivity contribution in [2.45, 2.75) is 26.4 Å². The van der Waals surface area contributed by atoms with Crippen LogP contribution in [0, 0.1) is 0 Å². The molecule has 1 aromatic carbocycles. The summed E-state index contributed by atoms with van der Waals surface area (Å²) >= 11 is 1.51. The van der Waals surface area contributed by atoms with Gasteiger partial charge >= 0.3 is 0 Å². The van der Waals surface area contributed by atoms with Gasteiger partial charge in [-0.3, -0.25) is 0 Å². The van der Waals surface area contributed by atoms with Crippen LogP contribution < -0.4 is 10.1 Å². The Bertz CT molecular complexity index is 555. The smallest absolute Gasteiger partial charge is 0.160 e. The molecule has 0 radical (unpaired) electrons. The second kappa shape index (κ2) is 5.99. The molecule has 1 aromatic heterocycles. The average Bonchev–Trinajstić information content (AvgIpc) is 2.85. The Morgan fingerprint density at radius 1 is 1.37 bits per heavy atom. The van der Waals surface area contributed by atoms with Crippen LogP contribution in [0.3, 0.4) is 0 Å². The van der Waals surface area contributed by atoms with Gasteiger partial charge in [-0.05, 0) is 18.2 Å². The van der Waals surface area contributed by atoms with E-state index in [4.69, 9.17) is 4.74 Å². The van der Waals surface area contributed by atoms with E-state index in [2.05, 4.69) is 29.4 Å². The highest BCUT2D eigenvalue weighted by molar-refractivity contribution is 7.14. The first kappa shape index (κ1) is 13.8. The van der Waals surface area contributed by atoms with E-state index in [1.54, 1.807) is 12.1 Å². The summed E-state index contributed by atoms with van der Waals surface area (Å²) in [5, 5.41) is 23.0. The minimum atomic E-state index is 0.108. The first-order valence-electron chi connectivity index (χ1n) is 6.03. The number of rotatable bonds is 5. The standard InChI is InChI=1S/C13H17N3O2S/c1-8(2)14-7-12-15-16-13(19-12)9-4-5-11(18-3)10(17)6-9/h4-6,8,14,17H,7H2,1-3H3. The fourth-order valence-corrected chi connectivity index (χ4v) is 2.34. The molecule has 0 aliphatic rings. The molecule has 0 unspecified atom stereocenters. The van der Waals surface area contributed by atoms with Gasteiger partial charge in [-0.25, -0.2) is 0 Å². The van der Waals surface area contributed by atoms with Crippen molar-refractivity contribution in [3.05, 3.63) is 23.2 Å². The summed E-state index contributed by atoms with van der Waals surface area (Å²) in [4.78, 5) is 0. The second-order valence-corrected chi connectivity index (χ2v) is 5.49. The Balaban J connectivity index is 2.16. The van der Waals surface area contributed by atoms with Crippen molar-refractivity contribution in [2.75, 3.05) is 7.11 Å². The molecule has 0 saturated heterocycles. The summed E-state index contributed by atoms with van der Waals surface area (Å²) in [7, 11) is 1.52. The fourth-order valence-electron chi connectivity index (χ4n) is 1.56. The first-order chi connectivity index (χ1) is 9.10. The van der Waals surface area contributed by atoms with E-state index in [1.807, 2.05) is 6.07 Å². The Hall–Kier alpha value is -1.66. The molecular weight excluding hydrogens is 262 g/mol. The molecule has 0 spiro atoms. The highest BCUT2D eigenvalue weighted by Gasteiger charge is 2.09. The van der Waals surface area contributed by atoms with Gasteiger partial charge < -0.3 is 15.2 Å². The van der Waals surface area contributed by atoms with Crippen LogP contribution in [0.25, 0.3) is 10.6 Å². The van der Waals surface area contributed by atoms with Crippen molar-refractivity contribution in [1.82, 2.24) is 15.5 Å². The van der Waals surface area contributed by atoms with Gasteiger partial charge in [0.2, 0.25) is 0 Å². The van der Waals surface area contributed by atoms with E-state index in [0.717, 1.165) is 15.6 Å². The number of hydrogen-bond donors (Lipinski definition) is 2. The van der Waals surface area contributed by atoms with Gasteiger partial charge in [0, 0.05) is 18.2 Å².